The first-order valence-corrected chi connectivity index (χ1v) is 9.07. The second-order valence-corrected chi connectivity index (χ2v) is 6.28. The van der Waals surface area contributed by atoms with Crippen molar-refractivity contribution in [1.82, 2.24) is 20.2 Å². The van der Waals surface area contributed by atoms with Gasteiger partial charge >= 0.3 is 0 Å². The third-order valence-electron chi connectivity index (χ3n) is 4.19. The molecule has 0 unspecified atom stereocenters. The molecule has 0 aliphatic rings. The standard InChI is InChI=1S/C20H19FN6O3/c1-13-24-25-26-27(13)15-6-7-16(21)17(11-15)23-20(28)4-3-9-30-18-8-5-14(12-22)10-19(18)29-2/h5-8,10-11H,3-4,9H2,1-2H3,(H,23,28). The molecule has 0 aliphatic carbocycles. The summed E-state index contributed by atoms with van der Waals surface area (Å²) in [6.07, 6.45) is 0.536. The zero-order valence-corrected chi connectivity index (χ0v) is 16.4. The number of nitriles is 1. The molecule has 30 heavy (non-hydrogen) atoms. The zero-order chi connectivity index (χ0) is 21.5. The van der Waals surface area contributed by atoms with Crippen LogP contribution in [0.2, 0.25) is 0 Å². The normalized spacial score (nSPS) is 10.3. The molecule has 3 aromatic rings. The molecule has 0 saturated carbocycles. The van der Waals surface area contributed by atoms with Crippen LogP contribution >= 0.6 is 0 Å². The SMILES string of the molecule is COc1cc(C#N)ccc1OCCCC(=O)Nc1cc(-n2nnnc2C)ccc1F. The van der Waals surface area contributed by atoms with Crippen molar-refractivity contribution in [1.29, 1.82) is 5.26 Å². The maximum Gasteiger partial charge on any atom is 0.224 e. The van der Waals surface area contributed by atoms with E-state index in [2.05, 4.69) is 20.8 Å². The first-order valence-electron chi connectivity index (χ1n) is 9.07. The van der Waals surface area contributed by atoms with Gasteiger partial charge < -0.3 is 14.8 Å². The monoisotopic (exact) mass is 410 g/mol. The van der Waals surface area contributed by atoms with Crippen molar-refractivity contribution in [3.63, 3.8) is 0 Å². The summed E-state index contributed by atoms with van der Waals surface area (Å²) in [5, 5.41) is 22.6. The Kier molecular flexibility index (Phi) is 6.54. The van der Waals surface area contributed by atoms with Crippen LogP contribution in [0.1, 0.15) is 24.2 Å². The van der Waals surface area contributed by atoms with Gasteiger partial charge in [0, 0.05) is 12.5 Å². The van der Waals surface area contributed by atoms with Crippen LogP contribution in [0.4, 0.5) is 10.1 Å². The van der Waals surface area contributed by atoms with Gasteiger partial charge in [-0.25, -0.2) is 4.39 Å². The molecule has 2 aromatic carbocycles. The van der Waals surface area contributed by atoms with Crippen molar-refractivity contribution in [3.05, 3.63) is 53.6 Å². The molecule has 0 fully saturated rings. The summed E-state index contributed by atoms with van der Waals surface area (Å²) < 4.78 is 26.3. The molecule has 0 radical (unpaired) electrons. The molecule has 0 bridgehead atoms. The van der Waals surface area contributed by atoms with Crippen molar-refractivity contribution < 1.29 is 18.7 Å². The number of methoxy groups -OCH3 is 1. The smallest absolute Gasteiger partial charge is 0.224 e. The molecule has 1 amide bonds. The Bertz CT molecular complexity index is 1090. The molecule has 10 heteroatoms. The van der Waals surface area contributed by atoms with E-state index in [0.717, 1.165) is 0 Å². The lowest BCUT2D eigenvalue weighted by Gasteiger charge is -2.11. The van der Waals surface area contributed by atoms with E-state index in [0.29, 0.717) is 35.0 Å². The number of halogens is 1. The van der Waals surface area contributed by atoms with Crippen LogP contribution < -0.4 is 14.8 Å². The molecule has 1 heterocycles. The number of hydrogen-bond acceptors (Lipinski definition) is 7. The number of tetrazole rings is 1. The van der Waals surface area contributed by atoms with Crippen molar-refractivity contribution in [2.75, 3.05) is 19.0 Å². The maximum atomic E-state index is 14.1. The van der Waals surface area contributed by atoms with Gasteiger partial charge in [0.05, 0.1) is 36.7 Å². The minimum Gasteiger partial charge on any atom is -0.493 e. The summed E-state index contributed by atoms with van der Waals surface area (Å²) in [7, 11) is 1.48. The van der Waals surface area contributed by atoms with Gasteiger partial charge in [-0.2, -0.15) is 9.94 Å². The van der Waals surface area contributed by atoms with E-state index in [-0.39, 0.29) is 24.6 Å². The van der Waals surface area contributed by atoms with Gasteiger partial charge in [-0.05, 0) is 54.1 Å². The molecule has 0 atom stereocenters. The largest absolute Gasteiger partial charge is 0.493 e. The topological polar surface area (TPSA) is 115 Å². The minimum atomic E-state index is -0.559. The molecule has 0 spiro atoms. The Balaban J connectivity index is 1.54. The summed E-state index contributed by atoms with van der Waals surface area (Å²) in [6.45, 7) is 1.96. The molecular formula is C20H19FN6O3. The van der Waals surface area contributed by atoms with Crippen molar-refractivity contribution >= 4 is 11.6 Å². The van der Waals surface area contributed by atoms with Gasteiger partial charge in [0.2, 0.25) is 5.91 Å². The van der Waals surface area contributed by atoms with Gasteiger partial charge in [0.1, 0.15) is 5.82 Å². The molecule has 3 rings (SSSR count). The van der Waals surface area contributed by atoms with Crippen LogP contribution in [-0.4, -0.2) is 39.8 Å². The number of aryl methyl sites for hydroxylation is 1. The van der Waals surface area contributed by atoms with Crippen LogP contribution in [0.25, 0.3) is 5.69 Å². The van der Waals surface area contributed by atoms with Crippen molar-refractivity contribution in [3.8, 4) is 23.3 Å². The lowest BCUT2D eigenvalue weighted by molar-refractivity contribution is -0.116. The first-order chi connectivity index (χ1) is 14.5. The van der Waals surface area contributed by atoms with Crippen LogP contribution in [0.3, 0.4) is 0 Å². The second-order valence-electron chi connectivity index (χ2n) is 6.28. The number of ether oxygens (including phenoxy) is 2. The fraction of sp³-hybridized carbons (Fsp3) is 0.250. The lowest BCUT2D eigenvalue weighted by atomic mass is 10.2. The summed E-state index contributed by atoms with van der Waals surface area (Å²) in [5.74, 6) is 0.545. The number of rotatable bonds is 8. The van der Waals surface area contributed by atoms with Gasteiger partial charge in [-0.15, -0.1) is 5.10 Å². The Hall–Kier alpha value is -4.00. The number of nitrogens with one attached hydrogen (secondary N) is 1. The average molecular weight is 410 g/mol. The highest BCUT2D eigenvalue weighted by Crippen LogP contribution is 2.28. The number of anilines is 1. The fourth-order valence-electron chi connectivity index (χ4n) is 2.70. The van der Waals surface area contributed by atoms with E-state index in [1.165, 1.54) is 30.0 Å². The van der Waals surface area contributed by atoms with Crippen LogP contribution in [0, 0.1) is 24.1 Å². The number of benzene rings is 2. The number of carbonyl (C=O) groups is 1. The summed E-state index contributed by atoms with van der Waals surface area (Å²) in [6, 6.07) is 11.1. The van der Waals surface area contributed by atoms with Crippen LogP contribution in [0.15, 0.2) is 36.4 Å². The predicted molar refractivity (Wildman–Crippen MR) is 105 cm³/mol. The number of amides is 1. The summed E-state index contributed by atoms with van der Waals surface area (Å²) in [5.41, 5.74) is 1.03. The van der Waals surface area contributed by atoms with Crippen LogP contribution in [-0.2, 0) is 4.79 Å². The second kappa shape index (κ2) is 9.47. The molecule has 154 valence electrons. The Labute approximate surface area is 172 Å². The quantitative estimate of drug-likeness (QED) is 0.568. The van der Waals surface area contributed by atoms with E-state index < -0.39 is 5.82 Å². The molecule has 1 N–H and O–H groups in total. The number of carbonyl (C=O) groups excluding carboxylic acids is 1. The number of hydrogen-bond donors (Lipinski definition) is 1. The summed E-state index contributed by atoms with van der Waals surface area (Å²) in [4.78, 5) is 12.2. The highest BCUT2D eigenvalue weighted by molar-refractivity contribution is 5.91. The van der Waals surface area contributed by atoms with Gasteiger partial charge in [0.15, 0.2) is 17.3 Å². The molecule has 1 aromatic heterocycles. The molecular weight excluding hydrogens is 391 g/mol. The van der Waals surface area contributed by atoms with Gasteiger partial charge in [0.25, 0.3) is 0 Å². The van der Waals surface area contributed by atoms with Crippen molar-refractivity contribution in [2.24, 2.45) is 0 Å². The highest BCUT2D eigenvalue weighted by Gasteiger charge is 2.12. The zero-order valence-electron chi connectivity index (χ0n) is 16.4. The van der Waals surface area contributed by atoms with E-state index in [4.69, 9.17) is 14.7 Å². The first kappa shape index (κ1) is 20.7. The third-order valence-corrected chi connectivity index (χ3v) is 4.19. The fourth-order valence-corrected chi connectivity index (χ4v) is 2.70. The maximum absolute atomic E-state index is 14.1. The van der Waals surface area contributed by atoms with Gasteiger partial charge in [-0.3, -0.25) is 4.79 Å². The van der Waals surface area contributed by atoms with E-state index in [9.17, 15) is 9.18 Å². The lowest BCUT2D eigenvalue weighted by Crippen LogP contribution is -2.14. The molecule has 0 aliphatic heterocycles. The Morgan fingerprint density at radius 3 is 2.80 bits per heavy atom. The van der Waals surface area contributed by atoms with E-state index >= 15 is 0 Å². The third kappa shape index (κ3) is 4.88. The van der Waals surface area contributed by atoms with E-state index in [1.54, 1.807) is 25.1 Å². The highest BCUT2D eigenvalue weighted by atomic mass is 19.1. The summed E-state index contributed by atoms with van der Waals surface area (Å²) >= 11 is 0. The van der Waals surface area contributed by atoms with Crippen molar-refractivity contribution in [2.45, 2.75) is 19.8 Å². The number of nitrogens with zero attached hydrogens (tertiary/aromatic N) is 5. The number of aromatic nitrogens is 4. The average Bonchev–Trinajstić information content (AvgIpc) is 3.18. The Morgan fingerprint density at radius 1 is 1.27 bits per heavy atom. The predicted octanol–water partition coefficient (Wildman–Crippen LogP) is 2.79. The molecule has 9 nitrogen and oxygen atoms in total. The van der Waals surface area contributed by atoms with Gasteiger partial charge in [-0.1, -0.05) is 0 Å². The Morgan fingerprint density at radius 2 is 2.10 bits per heavy atom. The van der Waals surface area contributed by atoms with Crippen LogP contribution in [0.5, 0.6) is 11.5 Å². The minimum absolute atomic E-state index is 0.0436. The molecule has 0 saturated heterocycles. The van der Waals surface area contributed by atoms with E-state index in [1.807, 2.05) is 6.07 Å².